The highest BCUT2D eigenvalue weighted by atomic mass is 16.6. The number of rotatable bonds is 7. The summed E-state index contributed by atoms with van der Waals surface area (Å²) in [6, 6.07) is 16.4. The maximum absolute atomic E-state index is 12.3. The Hall–Kier alpha value is -4.18. The number of amides is 1. The van der Waals surface area contributed by atoms with Crippen molar-refractivity contribution in [1.82, 2.24) is 19.5 Å². The third-order valence-electron chi connectivity index (χ3n) is 6.16. The van der Waals surface area contributed by atoms with Gasteiger partial charge in [-0.3, -0.25) is 5.32 Å². The lowest BCUT2D eigenvalue weighted by Gasteiger charge is -2.26. The summed E-state index contributed by atoms with van der Waals surface area (Å²) in [5.74, 6) is 1.54. The van der Waals surface area contributed by atoms with Gasteiger partial charge in [0, 0.05) is 24.0 Å². The molecule has 0 saturated heterocycles. The molecular formula is C26H29N7O3. The Morgan fingerprint density at radius 2 is 1.83 bits per heavy atom. The molecule has 186 valence electrons. The Kier molecular flexibility index (Phi) is 6.94. The van der Waals surface area contributed by atoms with Crippen LogP contribution in [0.4, 0.5) is 27.9 Å². The zero-order chi connectivity index (χ0) is 24.9. The average molecular weight is 488 g/mol. The highest BCUT2D eigenvalue weighted by Gasteiger charge is 2.21. The Morgan fingerprint density at radius 1 is 1.06 bits per heavy atom. The fourth-order valence-electron chi connectivity index (χ4n) is 4.28. The van der Waals surface area contributed by atoms with Crippen LogP contribution in [0, 0.1) is 0 Å². The molecular weight excluding hydrogens is 458 g/mol. The van der Waals surface area contributed by atoms with E-state index in [4.69, 9.17) is 14.7 Å². The van der Waals surface area contributed by atoms with Crippen LogP contribution in [0.15, 0.2) is 60.9 Å². The van der Waals surface area contributed by atoms with Crippen LogP contribution in [0.3, 0.4) is 0 Å². The Morgan fingerprint density at radius 3 is 2.61 bits per heavy atom. The van der Waals surface area contributed by atoms with Gasteiger partial charge in [-0.1, -0.05) is 24.3 Å². The van der Waals surface area contributed by atoms with Gasteiger partial charge in [0.15, 0.2) is 17.0 Å². The van der Waals surface area contributed by atoms with Crippen LogP contribution in [-0.4, -0.2) is 42.9 Å². The van der Waals surface area contributed by atoms with E-state index >= 15 is 0 Å². The van der Waals surface area contributed by atoms with Gasteiger partial charge >= 0.3 is 6.09 Å². The van der Waals surface area contributed by atoms with Gasteiger partial charge in [0.25, 0.3) is 0 Å². The molecule has 2 aromatic carbocycles. The highest BCUT2D eigenvalue weighted by molar-refractivity contribution is 5.89. The summed E-state index contributed by atoms with van der Waals surface area (Å²) in [7, 11) is 0. The van der Waals surface area contributed by atoms with Gasteiger partial charge in [0.05, 0.1) is 12.4 Å². The average Bonchev–Trinajstić information content (AvgIpc) is 3.29. The minimum atomic E-state index is -0.575. The van der Waals surface area contributed by atoms with Crippen molar-refractivity contribution < 1.29 is 14.6 Å². The molecule has 5 rings (SSSR count). The molecule has 2 heterocycles. The molecule has 0 spiro atoms. The Bertz CT molecular complexity index is 1330. The standard InChI is InChI=1S/C26H29N7O3/c1-2-33-16-27-22-23(31-25(32-24(22)33)29-17-11-13-20(34)14-12-17)28-18-7-6-8-19(15-18)30-26(35)36-21-9-4-3-5-10-21/h3-10,15-17,20,34H,2,11-14H2,1H3,(H,30,35)(H2,28,29,31,32). The quantitative estimate of drug-likeness (QED) is 0.289. The second kappa shape index (κ2) is 10.6. The summed E-state index contributed by atoms with van der Waals surface area (Å²) in [6.45, 7) is 2.76. The highest BCUT2D eigenvalue weighted by Crippen LogP contribution is 2.27. The van der Waals surface area contributed by atoms with Gasteiger partial charge in [-0.25, -0.2) is 9.78 Å². The van der Waals surface area contributed by atoms with Crippen molar-refractivity contribution in [2.75, 3.05) is 16.0 Å². The van der Waals surface area contributed by atoms with Crippen LogP contribution in [0.2, 0.25) is 0 Å². The first kappa shape index (κ1) is 23.6. The summed E-state index contributed by atoms with van der Waals surface area (Å²) in [4.78, 5) is 26.3. The summed E-state index contributed by atoms with van der Waals surface area (Å²) in [5, 5.41) is 19.3. The number of carbonyl (C=O) groups is 1. The first-order valence-electron chi connectivity index (χ1n) is 12.2. The summed E-state index contributed by atoms with van der Waals surface area (Å²) < 4.78 is 7.28. The topological polar surface area (TPSA) is 126 Å². The number of ether oxygens (including phenoxy) is 1. The number of hydrogen-bond donors (Lipinski definition) is 4. The first-order chi connectivity index (χ1) is 17.6. The van der Waals surface area contributed by atoms with E-state index in [0.717, 1.165) is 43.6 Å². The molecule has 1 fully saturated rings. The van der Waals surface area contributed by atoms with Crippen LogP contribution < -0.4 is 20.7 Å². The number of nitrogens with one attached hydrogen (secondary N) is 3. The number of carbonyl (C=O) groups excluding carboxylic acids is 1. The van der Waals surface area contributed by atoms with E-state index in [9.17, 15) is 9.90 Å². The van der Waals surface area contributed by atoms with E-state index in [1.807, 2.05) is 29.7 Å². The largest absolute Gasteiger partial charge is 0.417 e. The number of aryl methyl sites for hydroxylation is 1. The van der Waals surface area contributed by atoms with Crippen LogP contribution >= 0.6 is 0 Å². The number of fused-ring (bicyclic) bond motifs is 1. The molecule has 36 heavy (non-hydrogen) atoms. The lowest BCUT2D eigenvalue weighted by atomic mass is 9.93. The molecule has 0 atom stereocenters. The number of aromatic nitrogens is 4. The Labute approximate surface area is 208 Å². The smallest absolute Gasteiger partial charge is 0.410 e. The van der Waals surface area contributed by atoms with Crippen LogP contribution in [0.25, 0.3) is 11.2 Å². The number of hydrogen-bond acceptors (Lipinski definition) is 8. The Balaban J connectivity index is 1.35. The van der Waals surface area contributed by atoms with E-state index < -0.39 is 6.09 Å². The van der Waals surface area contributed by atoms with Crippen molar-refractivity contribution in [2.45, 2.75) is 51.3 Å². The molecule has 4 N–H and O–H groups in total. The molecule has 0 radical (unpaired) electrons. The maximum Gasteiger partial charge on any atom is 0.417 e. The fraction of sp³-hybridized carbons (Fsp3) is 0.308. The number of nitrogens with zero attached hydrogens (tertiary/aromatic N) is 4. The number of imidazole rings is 1. The molecule has 0 aliphatic heterocycles. The van der Waals surface area contributed by atoms with E-state index in [2.05, 4.69) is 20.9 Å². The van der Waals surface area contributed by atoms with Crippen LogP contribution in [0.5, 0.6) is 5.75 Å². The van der Waals surface area contributed by atoms with Gasteiger partial charge in [0.1, 0.15) is 5.75 Å². The third-order valence-corrected chi connectivity index (χ3v) is 6.16. The maximum atomic E-state index is 12.3. The van der Waals surface area contributed by atoms with Gasteiger partial charge < -0.3 is 25.0 Å². The second-order valence-corrected chi connectivity index (χ2v) is 8.78. The molecule has 4 aromatic rings. The third kappa shape index (κ3) is 5.55. The van der Waals surface area contributed by atoms with Crippen molar-refractivity contribution >= 4 is 40.4 Å². The zero-order valence-corrected chi connectivity index (χ0v) is 20.0. The molecule has 0 bridgehead atoms. The van der Waals surface area contributed by atoms with E-state index in [1.54, 1.807) is 42.7 Å². The number of para-hydroxylation sites is 1. The fourth-order valence-corrected chi connectivity index (χ4v) is 4.28. The zero-order valence-electron chi connectivity index (χ0n) is 20.0. The lowest BCUT2D eigenvalue weighted by Crippen LogP contribution is -2.29. The van der Waals surface area contributed by atoms with Crippen LogP contribution in [0.1, 0.15) is 32.6 Å². The summed E-state index contributed by atoms with van der Waals surface area (Å²) in [6.07, 6.45) is 4.22. The molecule has 1 aliphatic carbocycles. The minimum absolute atomic E-state index is 0.208. The van der Waals surface area contributed by atoms with Gasteiger partial charge in [-0.2, -0.15) is 9.97 Å². The number of aliphatic hydroxyl groups is 1. The molecule has 10 heteroatoms. The molecule has 1 aliphatic rings. The van der Waals surface area contributed by atoms with Crippen molar-refractivity contribution in [3.8, 4) is 5.75 Å². The van der Waals surface area contributed by atoms with Crippen molar-refractivity contribution in [3.05, 3.63) is 60.9 Å². The molecule has 2 aromatic heterocycles. The number of aliphatic hydroxyl groups excluding tert-OH is 1. The van der Waals surface area contributed by atoms with Crippen molar-refractivity contribution in [2.24, 2.45) is 0 Å². The number of benzene rings is 2. The summed E-state index contributed by atoms with van der Waals surface area (Å²) in [5.41, 5.74) is 2.69. The van der Waals surface area contributed by atoms with E-state index in [0.29, 0.717) is 28.7 Å². The second-order valence-electron chi connectivity index (χ2n) is 8.78. The monoisotopic (exact) mass is 487 g/mol. The predicted molar refractivity (Wildman–Crippen MR) is 139 cm³/mol. The predicted octanol–water partition coefficient (Wildman–Crippen LogP) is 4.92. The summed E-state index contributed by atoms with van der Waals surface area (Å²) >= 11 is 0. The minimum Gasteiger partial charge on any atom is -0.410 e. The van der Waals surface area contributed by atoms with Crippen molar-refractivity contribution in [1.29, 1.82) is 0 Å². The molecule has 10 nitrogen and oxygen atoms in total. The van der Waals surface area contributed by atoms with E-state index in [1.165, 1.54) is 0 Å². The molecule has 0 unspecified atom stereocenters. The molecule has 1 saturated carbocycles. The number of anilines is 4. The van der Waals surface area contributed by atoms with Gasteiger partial charge in [0.2, 0.25) is 5.95 Å². The van der Waals surface area contributed by atoms with Gasteiger partial charge in [-0.05, 0) is 62.9 Å². The van der Waals surface area contributed by atoms with Gasteiger partial charge in [-0.15, -0.1) is 0 Å². The van der Waals surface area contributed by atoms with Crippen molar-refractivity contribution in [3.63, 3.8) is 0 Å². The molecule has 1 amide bonds. The SMILES string of the molecule is CCn1cnc2c(Nc3cccc(NC(=O)Oc4ccccc4)c3)nc(NC3CCC(O)CC3)nc21. The van der Waals surface area contributed by atoms with Crippen LogP contribution in [-0.2, 0) is 6.54 Å². The van der Waals surface area contributed by atoms with E-state index in [-0.39, 0.29) is 12.1 Å². The lowest BCUT2D eigenvalue weighted by molar-refractivity contribution is 0.126. The first-order valence-corrected chi connectivity index (χ1v) is 12.2. The normalized spacial score (nSPS) is 17.5.